The van der Waals surface area contributed by atoms with E-state index < -0.39 is 18.1 Å². The third-order valence-corrected chi connectivity index (χ3v) is 4.12. The average molecular weight is 328 g/mol. The summed E-state index contributed by atoms with van der Waals surface area (Å²) in [7, 11) is 0. The summed E-state index contributed by atoms with van der Waals surface area (Å²) in [6.07, 6.45) is 2.01. The van der Waals surface area contributed by atoms with E-state index in [2.05, 4.69) is 4.98 Å². The lowest BCUT2D eigenvalue weighted by molar-refractivity contribution is -0.147. The first-order valence-corrected chi connectivity index (χ1v) is 7.94. The molecule has 126 valence electrons. The van der Waals surface area contributed by atoms with Gasteiger partial charge >= 0.3 is 5.97 Å². The van der Waals surface area contributed by atoms with Gasteiger partial charge in [0, 0.05) is 25.4 Å². The molecule has 1 aromatic heterocycles. The van der Waals surface area contributed by atoms with E-state index in [9.17, 15) is 15.0 Å². The molecule has 2 N–H and O–H groups in total. The van der Waals surface area contributed by atoms with Gasteiger partial charge in [0.15, 0.2) is 0 Å². The molecular weight excluding hydrogens is 308 g/mol. The molecule has 0 bridgehead atoms. The zero-order valence-corrected chi connectivity index (χ0v) is 13.2. The van der Waals surface area contributed by atoms with Gasteiger partial charge in [0.05, 0.1) is 6.10 Å². The first-order valence-electron chi connectivity index (χ1n) is 7.94. The van der Waals surface area contributed by atoms with Crippen LogP contribution in [0.1, 0.15) is 18.4 Å². The molecule has 2 aromatic rings. The molecule has 1 aliphatic rings. The number of piperidine rings is 1. The lowest BCUT2D eigenvalue weighted by Crippen LogP contribution is -2.48. The number of rotatable bonds is 5. The Labute approximate surface area is 140 Å². The van der Waals surface area contributed by atoms with E-state index >= 15 is 0 Å². The molecule has 0 spiro atoms. The Morgan fingerprint density at radius 3 is 2.71 bits per heavy atom. The van der Waals surface area contributed by atoms with Crippen LogP contribution in [0.15, 0.2) is 48.7 Å². The molecule has 2 atom stereocenters. The van der Waals surface area contributed by atoms with Gasteiger partial charge in [0.1, 0.15) is 11.8 Å². The van der Waals surface area contributed by atoms with Gasteiger partial charge in [0.2, 0.25) is 5.88 Å². The SMILES string of the molecule is O=C(O)[C@H]1C[C@@H](O)CCN1Cc1ccc(Oc2ccccc2)nc1. The number of aliphatic hydroxyl groups excluding tert-OH is 1. The molecule has 1 aromatic carbocycles. The summed E-state index contributed by atoms with van der Waals surface area (Å²) in [5.41, 5.74) is 0.915. The van der Waals surface area contributed by atoms with Crippen LogP contribution in [0.3, 0.4) is 0 Å². The molecule has 1 aliphatic heterocycles. The van der Waals surface area contributed by atoms with Crippen molar-refractivity contribution >= 4 is 5.97 Å². The van der Waals surface area contributed by atoms with Crippen LogP contribution >= 0.6 is 0 Å². The van der Waals surface area contributed by atoms with Crippen molar-refractivity contribution in [3.63, 3.8) is 0 Å². The predicted molar refractivity (Wildman–Crippen MR) is 87.8 cm³/mol. The van der Waals surface area contributed by atoms with Crippen molar-refractivity contribution in [2.24, 2.45) is 0 Å². The first-order chi connectivity index (χ1) is 11.6. The van der Waals surface area contributed by atoms with Gasteiger partial charge in [-0.2, -0.15) is 0 Å². The number of pyridine rings is 1. The number of ether oxygens (including phenoxy) is 1. The van der Waals surface area contributed by atoms with Gasteiger partial charge in [-0.25, -0.2) is 4.98 Å². The Hall–Kier alpha value is -2.44. The largest absolute Gasteiger partial charge is 0.480 e. The summed E-state index contributed by atoms with van der Waals surface area (Å²) >= 11 is 0. The number of carboxylic acid groups (broad SMARTS) is 1. The van der Waals surface area contributed by atoms with Crippen LogP contribution in [0, 0.1) is 0 Å². The van der Waals surface area contributed by atoms with E-state index in [-0.39, 0.29) is 6.42 Å². The van der Waals surface area contributed by atoms with Crippen molar-refractivity contribution < 1.29 is 19.7 Å². The second-order valence-electron chi connectivity index (χ2n) is 5.92. The van der Waals surface area contributed by atoms with Crippen LogP contribution in [0.25, 0.3) is 0 Å². The van der Waals surface area contributed by atoms with E-state index in [0.717, 1.165) is 5.56 Å². The van der Waals surface area contributed by atoms with E-state index in [1.54, 1.807) is 12.3 Å². The average Bonchev–Trinajstić information content (AvgIpc) is 2.59. The van der Waals surface area contributed by atoms with Gasteiger partial charge in [-0.1, -0.05) is 24.3 Å². The third kappa shape index (κ3) is 4.10. The molecule has 2 heterocycles. The molecule has 6 nitrogen and oxygen atoms in total. The Kier molecular flexibility index (Phi) is 5.08. The van der Waals surface area contributed by atoms with Crippen LogP contribution in [0.2, 0.25) is 0 Å². The Balaban J connectivity index is 1.64. The van der Waals surface area contributed by atoms with E-state index in [0.29, 0.717) is 31.1 Å². The number of aliphatic hydroxyl groups is 1. The van der Waals surface area contributed by atoms with E-state index in [1.165, 1.54) is 0 Å². The molecule has 0 amide bonds. The summed E-state index contributed by atoms with van der Waals surface area (Å²) in [6, 6.07) is 12.4. The summed E-state index contributed by atoms with van der Waals surface area (Å²) in [5, 5.41) is 19.0. The minimum Gasteiger partial charge on any atom is -0.480 e. The molecule has 24 heavy (non-hydrogen) atoms. The Bertz CT molecular complexity index is 675. The van der Waals surface area contributed by atoms with Crippen molar-refractivity contribution in [1.82, 2.24) is 9.88 Å². The molecule has 1 saturated heterocycles. The van der Waals surface area contributed by atoms with Crippen molar-refractivity contribution in [2.75, 3.05) is 6.54 Å². The fraction of sp³-hybridized carbons (Fsp3) is 0.333. The molecule has 0 saturated carbocycles. The number of hydrogen-bond acceptors (Lipinski definition) is 5. The predicted octanol–water partition coefficient (Wildman–Crippen LogP) is 2.28. The number of nitrogens with zero attached hydrogens (tertiary/aromatic N) is 2. The first kappa shape index (κ1) is 16.4. The number of carboxylic acids is 1. The summed E-state index contributed by atoms with van der Waals surface area (Å²) in [4.78, 5) is 17.5. The number of benzene rings is 1. The maximum absolute atomic E-state index is 11.4. The van der Waals surface area contributed by atoms with Crippen molar-refractivity contribution in [3.8, 4) is 11.6 Å². The van der Waals surface area contributed by atoms with Gasteiger partial charge in [-0.3, -0.25) is 9.69 Å². The topological polar surface area (TPSA) is 82.9 Å². The van der Waals surface area contributed by atoms with Crippen LogP contribution in [0.5, 0.6) is 11.6 Å². The zero-order chi connectivity index (χ0) is 16.9. The van der Waals surface area contributed by atoms with Crippen molar-refractivity contribution in [2.45, 2.75) is 31.5 Å². The standard InChI is InChI=1S/C18H20N2O4/c21-14-8-9-20(16(10-14)18(22)23)12-13-6-7-17(19-11-13)24-15-4-2-1-3-5-15/h1-7,11,14,16,21H,8-10,12H2,(H,22,23)/t14-,16+/m0/s1. The van der Waals surface area contributed by atoms with Crippen LogP contribution in [-0.2, 0) is 11.3 Å². The number of carbonyl (C=O) groups is 1. The maximum atomic E-state index is 11.4. The highest BCUT2D eigenvalue weighted by atomic mass is 16.5. The molecule has 1 fully saturated rings. The van der Waals surface area contributed by atoms with Gasteiger partial charge in [0.25, 0.3) is 0 Å². The number of likely N-dealkylation sites (tertiary alicyclic amines) is 1. The fourth-order valence-corrected chi connectivity index (χ4v) is 2.85. The number of aromatic nitrogens is 1. The van der Waals surface area contributed by atoms with Crippen LogP contribution < -0.4 is 4.74 Å². The number of aliphatic carboxylic acids is 1. The lowest BCUT2D eigenvalue weighted by Gasteiger charge is -2.35. The fourth-order valence-electron chi connectivity index (χ4n) is 2.85. The minimum atomic E-state index is -0.897. The third-order valence-electron chi connectivity index (χ3n) is 4.12. The summed E-state index contributed by atoms with van der Waals surface area (Å²) in [5.74, 6) is 0.313. The number of hydrogen-bond donors (Lipinski definition) is 2. The Morgan fingerprint density at radius 2 is 2.04 bits per heavy atom. The van der Waals surface area contributed by atoms with Crippen molar-refractivity contribution in [3.05, 3.63) is 54.2 Å². The van der Waals surface area contributed by atoms with E-state index in [1.807, 2.05) is 41.3 Å². The highest BCUT2D eigenvalue weighted by Gasteiger charge is 2.32. The summed E-state index contributed by atoms with van der Waals surface area (Å²) < 4.78 is 5.64. The number of para-hydroxylation sites is 1. The second-order valence-corrected chi connectivity index (χ2v) is 5.92. The van der Waals surface area contributed by atoms with Crippen LogP contribution in [0.4, 0.5) is 0 Å². The van der Waals surface area contributed by atoms with Crippen LogP contribution in [-0.4, -0.2) is 44.8 Å². The highest BCUT2D eigenvalue weighted by Crippen LogP contribution is 2.22. The smallest absolute Gasteiger partial charge is 0.321 e. The zero-order valence-electron chi connectivity index (χ0n) is 13.2. The highest BCUT2D eigenvalue weighted by molar-refractivity contribution is 5.73. The molecule has 6 heteroatoms. The van der Waals surface area contributed by atoms with Crippen molar-refractivity contribution in [1.29, 1.82) is 0 Å². The summed E-state index contributed by atoms with van der Waals surface area (Å²) in [6.45, 7) is 1.04. The molecule has 3 rings (SSSR count). The monoisotopic (exact) mass is 328 g/mol. The van der Waals surface area contributed by atoms with Gasteiger partial charge < -0.3 is 14.9 Å². The Morgan fingerprint density at radius 1 is 1.25 bits per heavy atom. The molecule has 0 unspecified atom stereocenters. The molecular formula is C18H20N2O4. The molecule has 0 aliphatic carbocycles. The minimum absolute atomic E-state index is 0.262. The van der Waals surface area contributed by atoms with Gasteiger partial charge in [-0.15, -0.1) is 0 Å². The normalized spacial score (nSPS) is 21.4. The maximum Gasteiger partial charge on any atom is 0.321 e. The molecule has 0 radical (unpaired) electrons. The second kappa shape index (κ2) is 7.42. The van der Waals surface area contributed by atoms with Gasteiger partial charge in [-0.05, 0) is 30.5 Å². The quantitative estimate of drug-likeness (QED) is 0.876. The lowest BCUT2D eigenvalue weighted by atomic mass is 9.99. The van der Waals surface area contributed by atoms with E-state index in [4.69, 9.17) is 4.74 Å².